The van der Waals surface area contributed by atoms with Gasteiger partial charge in [-0.3, -0.25) is 14.9 Å². The van der Waals surface area contributed by atoms with Crippen molar-refractivity contribution in [2.75, 3.05) is 0 Å². The van der Waals surface area contributed by atoms with Crippen LogP contribution in [0.2, 0.25) is 0 Å². The first-order chi connectivity index (χ1) is 6.11. The van der Waals surface area contributed by atoms with Crippen LogP contribution in [0.3, 0.4) is 0 Å². The van der Waals surface area contributed by atoms with E-state index in [1.54, 1.807) is 6.07 Å². The van der Waals surface area contributed by atoms with Gasteiger partial charge in [0.25, 0.3) is 5.69 Å². The Balaban J connectivity index is 0. The van der Waals surface area contributed by atoms with E-state index in [-0.39, 0.29) is 70.5 Å². The Morgan fingerprint density at radius 2 is 2.07 bits per heavy atom. The Hall–Kier alpha value is -0.274. The van der Waals surface area contributed by atoms with Gasteiger partial charge >= 0.3 is 57.4 Å². The molecule has 0 atom stereocenters. The summed E-state index contributed by atoms with van der Waals surface area (Å²) < 4.78 is 0. The van der Waals surface area contributed by atoms with Gasteiger partial charge in [-0.1, -0.05) is 18.2 Å². The number of nitrogens with zero attached hydrogens (tertiary/aromatic N) is 1. The van der Waals surface area contributed by atoms with Gasteiger partial charge in [-0.25, -0.2) is 0 Å². The van der Waals surface area contributed by atoms with Gasteiger partial charge in [0.15, 0.2) is 0 Å². The Morgan fingerprint density at radius 3 is 2.57 bits per heavy atom. The van der Waals surface area contributed by atoms with Crippen molar-refractivity contribution in [3.63, 3.8) is 0 Å². The van der Waals surface area contributed by atoms with E-state index < -0.39 is 10.9 Å². The number of nitro benzene ring substituents is 1. The molecule has 0 unspecified atom stereocenters. The number of para-hydroxylation sites is 1. The zero-order chi connectivity index (χ0) is 9.84. The Labute approximate surface area is 124 Å². The first kappa shape index (κ1) is 13.7. The number of rotatable bonds is 3. The molecule has 1 rings (SSSR count). The predicted molar refractivity (Wildman–Crippen MR) is 45.5 cm³/mol. The molecule has 0 aliphatic carbocycles. The summed E-state index contributed by atoms with van der Waals surface area (Å²) in [4.78, 5) is 20.2. The minimum atomic E-state index is -1.07. The number of hydrogen-bond acceptors (Lipinski definition) is 3. The van der Waals surface area contributed by atoms with Crippen molar-refractivity contribution in [3.05, 3.63) is 39.9 Å². The summed E-state index contributed by atoms with van der Waals surface area (Å²) in [5.41, 5.74) is 0.0740. The van der Waals surface area contributed by atoms with E-state index in [0.29, 0.717) is 0 Å². The predicted octanol–water partition coefficient (Wildman–Crippen LogP) is -1.66. The second-order valence-corrected chi connectivity index (χ2v) is 2.46. The Morgan fingerprint density at radius 1 is 1.50 bits per heavy atom. The smallest absolute Gasteiger partial charge is 1.00 e. The maximum atomic E-state index is 10.4. The quantitative estimate of drug-likeness (QED) is 0.376. The minimum Gasteiger partial charge on any atom is -1.00 e. The molecule has 0 aliphatic heterocycles. The molecule has 0 heterocycles. The summed E-state index contributed by atoms with van der Waals surface area (Å²) >= 11 is 0. The first-order valence-electron chi connectivity index (χ1n) is 3.55. The van der Waals surface area contributed by atoms with Crippen LogP contribution in [0, 0.1) is 10.1 Å². The van der Waals surface area contributed by atoms with E-state index in [1.165, 1.54) is 18.2 Å². The van der Waals surface area contributed by atoms with Gasteiger partial charge < -0.3 is 6.53 Å². The summed E-state index contributed by atoms with van der Waals surface area (Å²) in [5, 5.41) is 18.9. The third-order valence-corrected chi connectivity index (χ3v) is 1.53. The van der Waals surface area contributed by atoms with Gasteiger partial charge in [-0.2, -0.15) is 0 Å². The largest absolute Gasteiger partial charge is 1.00 e. The van der Waals surface area contributed by atoms with E-state index >= 15 is 0 Å². The fourth-order valence-corrected chi connectivity index (χ4v) is 1.00. The topological polar surface area (TPSA) is 80.4 Å². The molecular formula is C8H8KNO4. The Kier molecular flexibility index (Phi) is 6.13. The summed E-state index contributed by atoms with van der Waals surface area (Å²) in [6.45, 7) is 0. The average Bonchev–Trinajstić information content (AvgIpc) is 2.03. The molecule has 1 N–H and O–H groups in total. The zero-order valence-corrected chi connectivity index (χ0v) is 10.8. The fourth-order valence-electron chi connectivity index (χ4n) is 1.00. The normalized spacial score (nSPS) is 8.86. The van der Waals surface area contributed by atoms with E-state index in [4.69, 9.17) is 5.11 Å². The molecule has 0 radical (unpaired) electrons. The summed E-state index contributed by atoms with van der Waals surface area (Å²) in [6.07, 6.45) is -0.322. The van der Waals surface area contributed by atoms with Crippen molar-refractivity contribution in [2.45, 2.75) is 6.42 Å². The molecule has 0 bridgehead atoms. The van der Waals surface area contributed by atoms with E-state index in [9.17, 15) is 14.9 Å². The number of carbonyl (C=O) groups is 1. The average molecular weight is 221 g/mol. The van der Waals surface area contributed by atoms with Crippen molar-refractivity contribution < 1.29 is 67.6 Å². The Bertz CT molecular complexity index is 358. The summed E-state index contributed by atoms with van der Waals surface area (Å²) in [6, 6.07) is 5.80. The first-order valence-corrected chi connectivity index (χ1v) is 3.55. The van der Waals surface area contributed by atoms with Crippen LogP contribution in [0.25, 0.3) is 0 Å². The van der Waals surface area contributed by atoms with Gasteiger partial charge in [-0.15, -0.1) is 0 Å². The third kappa shape index (κ3) is 3.85. The van der Waals surface area contributed by atoms with Crippen LogP contribution in [-0.4, -0.2) is 16.0 Å². The molecule has 0 aromatic heterocycles. The van der Waals surface area contributed by atoms with Crippen LogP contribution >= 0.6 is 0 Å². The number of carboxylic acid groups (broad SMARTS) is 1. The van der Waals surface area contributed by atoms with E-state index in [1.807, 2.05) is 0 Å². The minimum absolute atomic E-state index is 0. The number of aliphatic carboxylic acids is 1. The molecule has 70 valence electrons. The number of benzene rings is 1. The number of nitro groups is 1. The van der Waals surface area contributed by atoms with Gasteiger partial charge in [-0.05, 0) is 0 Å². The molecule has 0 amide bonds. The maximum Gasteiger partial charge on any atom is 1.00 e. The molecule has 0 fully saturated rings. The van der Waals surface area contributed by atoms with E-state index in [0.717, 1.165) is 0 Å². The van der Waals surface area contributed by atoms with Crippen LogP contribution in [-0.2, 0) is 11.2 Å². The SMILES string of the molecule is O=C(O)Cc1ccccc1[N+](=O)[O-].[H-].[K+]. The standard InChI is InChI=1S/C8H7NO4.K.H/c10-8(11)5-6-3-1-2-4-7(6)9(12)13;;/h1-4H,5H2,(H,10,11);;/q;+1;-1. The van der Waals surface area contributed by atoms with Crippen molar-refractivity contribution in [3.8, 4) is 0 Å². The van der Waals surface area contributed by atoms with E-state index in [2.05, 4.69) is 0 Å². The van der Waals surface area contributed by atoms with Crippen LogP contribution in [0.4, 0.5) is 5.69 Å². The van der Waals surface area contributed by atoms with Gasteiger partial charge in [0.05, 0.1) is 11.3 Å². The van der Waals surface area contributed by atoms with Crippen molar-refractivity contribution in [2.24, 2.45) is 0 Å². The van der Waals surface area contributed by atoms with Crippen molar-refractivity contribution in [1.82, 2.24) is 0 Å². The van der Waals surface area contributed by atoms with Gasteiger partial charge in [0.2, 0.25) is 0 Å². The molecular weight excluding hydrogens is 213 g/mol. The van der Waals surface area contributed by atoms with Crippen LogP contribution < -0.4 is 51.4 Å². The van der Waals surface area contributed by atoms with Gasteiger partial charge in [0.1, 0.15) is 0 Å². The molecule has 0 saturated heterocycles. The monoisotopic (exact) mass is 221 g/mol. The summed E-state index contributed by atoms with van der Waals surface area (Å²) in [5.74, 6) is -1.07. The van der Waals surface area contributed by atoms with Crippen molar-refractivity contribution >= 4 is 11.7 Å². The number of carboxylic acids is 1. The van der Waals surface area contributed by atoms with Crippen LogP contribution in [0.5, 0.6) is 0 Å². The molecule has 0 spiro atoms. The molecule has 5 nitrogen and oxygen atoms in total. The third-order valence-electron chi connectivity index (χ3n) is 1.53. The molecule has 0 aliphatic rings. The number of hydrogen-bond donors (Lipinski definition) is 1. The molecule has 1 aromatic carbocycles. The molecule has 6 heteroatoms. The molecule has 14 heavy (non-hydrogen) atoms. The maximum absolute atomic E-state index is 10.4. The fraction of sp³-hybridized carbons (Fsp3) is 0.125. The van der Waals surface area contributed by atoms with Crippen molar-refractivity contribution in [1.29, 1.82) is 0 Å². The zero-order valence-electron chi connectivity index (χ0n) is 8.64. The van der Waals surface area contributed by atoms with Gasteiger partial charge in [0, 0.05) is 11.6 Å². The second kappa shape index (κ2) is 6.26. The second-order valence-electron chi connectivity index (χ2n) is 2.46. The van der Waals surface area contributed by atoms with Crippen LogP contribution in [0.1, 0.15) is 6.99 Å². The summed E-state index contributed by atoms with van der Waals surface area (Å²) in [7, 11) is 0. The van der Waals surface area contributed by atoms with Crippen LogP contribution in [0.15, 0.2) is 24.3 Å². The molecule has 1 aromatic rings. The molecule has 0 saturated carbocycles.